The number of rotatable bonds is 5. The predicted molar refractivity (Wildman–Crippen MR) is 142 cm³/mol. The lowest BCUT2D eigenvalue weighted by Gasteiger charge is -2.36. The number of carbonyl (C=O) groups excluding carboxylic acids is 1. The second kappa shape index (κ2) is 10.4. The van der Waals surface area contributed by atoms with Crippen molar-refractivity contribution in [3.63, 3.8) is 0 Å². The van der Waals surface area contributed by atoms with Crippen LogP contribution >= 0.6 is 0 Å². The fourth-order valence-corrected chi connectivity index (χ4v) is 7.35. The van der Waals surface area contributed by atoms with Gasteiger partial charge in [0.2, 0.25) is 0 Å². The number of aromatic nitrogens is 2. The molecule has 2 aromatic rings. The second-order valence-corrected chi connectivity index (χ2v) is 12.7. The van der Waals surface area contributed by atoms with E-state index in [0.717, 1.165) is 42.2 Å². The number of nitriles is 1. The van der Waals surface area contributed by atoms with E-state index in [1.807, 2.05) is 18.2 Å². The summed E-state index contributed by atoms with van der Waals surface area (Å²) >= 11 is 0. The third kappa shape index (κ3) is 5.21. The Morgan fingerprint density at radius 2 is 1.86 bits per heavy atom. The molecule has 9 nitrogen and oxygen atoms in total. The zero-order valence-corrected chi connectivity index (χ0v) is 22.2. The Balaban J connectivity index is 1.44. The first-order valence-electron chi connectivity index (χ1n) is 13.0. The van der Waals surface area contributed by atoms with Crippen molar-refractivity contribution in [3.8, 4) is 6.07 Å². The van der Waals surface area contributed by atoms with Gasteiger partial charge in [-0.1, -0.05) is 37.8 Å². The number of likely N-dealkylation sites (N-methyl/N-ethyl adjacent to an activating group) is 2. The normalized spacial score (nSPS) is 23.5. The van der Waals surface area contributed by atoms with Crippen molar-refractivity contribution in [2.45, 2.75) is 50.9 Å². The first-order chi connectivity index (χ1) is 17.8. The SMILES string of the molecule is CN1CC(c2ccc(NC(=O)c3ncc(C#N)[nH]3)c(C3=CCC(C4CCCC4)CC3)c2)CN(C)S1(=O)=O. The van der Waals surface area contributed by atoms with E-state index >= 15 is 0 Å². The molecule has 2 N–H and O–H groups in total. The van der Waals surface area contributed by atoms with Crippen LogP contribution < -0.4 is 5.32 Å². The molecule has 1 aromatic carbocycles. The molecule has 5 rings (SSSR count). The minimum absolute atomic E-state index is 0.0146. The minimum atomic E-state index is -3.42. The van der Waals surface area contributed by atoms with Crippen LogP contribution in [0.5, 0.6) is 0 Å². The van der Waals surface area contributed by atoms with Gasteiger partial charge in [0.05, 0.1) is 6.20 Å². The van der Waals surface area contributed by atoms with E-state index < -0.39 is 16.1 Å². The molecule has 1 amide bonds. The van der Waals surface area contributed by atoms with E-state index in [1.165, 1.54) is 46.1 Å². The number of aromatic amines is 1. The molecule has 10 heteroatoms. The summed E-state index contributed by atoms with van der Waals surface area (Å²) in [7, 11) is -0.195. The van der Waals surface area contributed by atoms with E-state index in [4.69, 9.17) is 5.26 Å². The van der Waals surface area contributed by atoms with Crippen molar-refractivity contribution >= 4 is 27.4 Å². The van der Waals surface area contributed by atoms with Gasteiger partial charge in [-0.25, -0.2) is 4.98 Å². The van der Waals surface area contributed by atoms with Gasteiger partial charge in [-0.15, -0.1) is 0 Å². The molecule has 0 bridgehead atoms. The lowest BCUT2D eigenvalue weighted by Crippen LogP contribution is -2.49. The van der Waals surface area contributed by atoms with Gasteiger partial charge in [-0.2, -0.15) is 22.3 Å². The molecule has 1 unspecified atom stereocenters. The molecule has 196 valence electrons. The van der Waals surface area contributed by atoms with E-state index in [1.54, 1.807) is 14.1 Å². The molecule has 3 aliphatic rings. The van der Waals surface area contributed by atoms with Gasteiger partial charge >= 0.3 is 0 Å². The van der Waals surface area contributed by atoms with Gasteiger partial charge in [0, 0.05) is 44.4 Å². The Morgan fingerprint density at radius 3 is 2.49 bits per heavy atom. The maximum absolute atomic E-state index is 12.9. The number of allylic oxidation sites excluding steroid dienone is 2. The van der Waals surface area contributed by atoms with Crippen LogP contribution in [-0.2, 0) is 10.2 Å². The molecule has 2 fully saturated rings. The summed E-state index contributed by atoms with van der Waals surface area (Å²) in [5.41, 5.74) is 4.16. The van der Waals surface area contributed by atoms with Crippen molar-refractivity contribution < 1.29 is 13.2 Å². The van der Waals surface area contributed by atoms with Crippen molar-refractivity contribution in [1.29, 1.82) is 5.26 Å². The highest BCUT2D eigenvalue weighted by Gasteiger charge is 2.35. The topological polar surface area (TPSA) is 122 Å². The number of nitrogens with zero attached hydrogens (tertiary/aromatic N) is 4. The molecule has 2 aliphatic carbocycles. The molecule has 1 aromatic heterocycles. The lowest BCUT2D eigenvalue weighted by molar-refractivity contribution is 0.101. The maximum atomic E-state index is 12.9. The summed E-state index contributed by atoms with van der Waals surface area (Å²) < 4.78 is 27.7. The largest absolute Gasteiger partial charge is 0.326 e. The van der Waals surface area contributed by atoms with Gasteiger partial charge in [0.25, 0.3) is 16.1 Å². The van der Waals surface area contributed by atoms with E-state index in [9.17, 15) is 13.2 Å². The standard InChI is InChI=1S/C27H34N6O3S/c1-32-16-22(17-33(2)37(32,35)36)21-11-12-25(31-27(34)26-29-15-23(14-28)30-26)24(13-21)20-9-7-19(8-10-20)18-5-3-4-6-18/h9,11-13,15,18-19,22H,3-8,10,16-17H2,1-2H3,(H,29,30)(H,31,34). The summed E-state index contributed by atoms with van der Waals surface area (Å²) in [6.07, 6.45) is 12.2. The number of hydrogen-bond donors (Lipinski definition) is 2. The van der Waals surface area contributed by atoms with Crippen LogP contribution in [0.3, 0.4) is 0 Å². The molecule has 1 saturated heterocycles. The molecule has 0 spiro atoms. The number of anilines is 1. The van der Waals surface area contributed by atoms with Gasteiger partial charge in [-0.3, -0.25) is 4.79 Å². The van der Waals surface area contributed by atoms with Gasteiger partial charge in [0.15, 0.2) is 5.82 Å². The van der Waals surface area contributed by atoms with Crippen LogP contribution in [0.25, 0.3) is 5.57 Å². The average molecular weight is 523 g/mol. The molecular weight excluding hydrogens is 488 g/mol. The Labute approximate surface area is 218 Å². The highest BCUT2D eigenvalue weighted by Crippen LogP contribution is 2.42. The van der Waals surface area contributed by atoms with Crippen LogP contribution in [0.4, 0.5) is 5.69 Å². The van der Waals surface area contributed by atoms with Gasteiger partial charge in [0.1, 0.15) is 11.8 Å². The smallest absolute Gasteiger partial charge is 0.291 e. The van der Waals surface area contributed by atoms with E-state index in [0.29, 0.717) is 18.8 Å². The highest BCUT2D eigenvalue weighted by atomic mass is 32.2. The van der Waals surface area contributed by atoms with Gasteiger partial charge in [-0.05, 0) is 54.4 Å². The van der Waals surface area contributed by atoms with E-state index in [2.05, 4.69) is 27.4 Å². The van der Waals surface area contributed by atoms with Gasteiger partial charge < -0.3 is 10.3 Å². The Bertz CT molecular complexity index is 1330. The molecule has 1 saturated carbocycles. The second-order valence-electron chi connectivity index (χ2n) is 10.6. The van der Waals surface area contributed by atoms with Crippen LogP contribution in [0.1, 0.15) is 78.3 Å². The zero-order valence-electron chi connectivity index (χ0n) is 21.4. The van der Waals surface area contributed by atoms with E-state index in [-0.39, 0.29) is 17.4 Å². The Morgan fingerprint density at radius 1 is 1.14 bits per heavy atom. The van der Waals surface area contributed by atoms with Crippen LogP contribution in [0.2, 0.25) is 0 Å². The number of amides is 1. The Hall–Kier alpha value is -3.00. The van der Waals surface area contributed by atoms with Crippen molar-refractivity contribution in [1.82, 2.24) is 18.6 Å². The number of hydrogen-bond acceptors (Lipinski definition) is 5. The third-order valence-corrected chi connectivity index (χ3v) is 10.2. The first kappa shape index (κ1) is 25.6. The maximum Gasteiger partial charge on any atom is 0.291 e. The third-order valence-electron chi connectivity index (χ3n) is 8.28. The molecular formula is C27H34N6O3S. The molecule has 2 heterocycles. The van der Waals surface area contributed by atoms with Crippen LogP contribution in [0.15, 0.2) is 30.5 Å². The lowest BCUT2D eigenvalue weighted by atomic mass is 9.78. The monoisotopic (exact) mass is 522 g/mol. The summed E-state index contributed by atoms with van der Waals surface area (Å²) in [5, 5.41) is 12.0. The summed E-state index contributed by atoms with van der Waals surface area (Å²) in [4.78, 5) is 19.7. The van der Waals surface area contributed by atoms with Crippen molar-refractivity contribution in [2.24, 2.45) is 11.8 Å². The molecule has 1 aliphatic heterocycles. The van der Waals surface area contributed by atoms with Crippen LogP contribution in [-0.4, -0.2) is 60.1 Å². The molecule has 0 radical (unpaired) electrons. The summed E-state index contributed by atoms with van der Waals surface area (Å²) in [6, 6.07) is 7.95. The number of nitrogens with one attached hydrogen (secondary N) is 2. The first-order valence-corrected chi connectivity index (χ1v) is 14.4. The number of H-pyrrole nitrogens is 1. The number of imidazole rings is 1. The molecule has 1 atom stereocenters. The zero-order chi connectivity index (χ0) is 26.2. The summed E-state index contributed by atoms with van der Waals surface area (Å²) in [6.45, 7) is 0.813. The van der Waals surface area contributed by atoms with Crippen molar-refractivity contribution in [3.05, 3.63) is 53.1 Å². The predicted octanol–water partition coefficient (Wildman–Crippen LogP) is 4.11. The molecule has 37 heavy (non-hydrogen) atoms. The average Bonchev–Trinajstić information content (AvgIpc) is 3.60. The minimum Gasteiger partial charge on any atom is -0.326 e. The summed E-state index contributed by atoms with van der Waals surface area (Å²) in [5.74, 6) is 1.25. The highest BCUT2D eigenvalue weighted by molar-refractivity contribution is 7.86. The Kier molecular flexibility index (Phi) is 7.21. The fourth-order valence-electron chi connectivity index (χ4n) is 6.14. The number of carbonyl (C=O) groups is 1. The fraction of sp³-hybridized carbons (Fsp3) is 0.519. The van der Waals surface area contributed by atoms with Crippen molar-refractivity contribution in [2.75, 3.05) is 32.5 Å². The number of benzene rings is 1. The van der Waals surface area contributed by atoms with Crippen LogP contribution in [0, 0.1) is 23.2 Å². The quantitative estimate of drug-likeness (QED) is 0.612.